The Bertz CT molecular complexity index is 977. The molecule has 1 atom stereocenters. The third-order valence-electron chi connectivity index (χ3n) is 4.17. The largest absolute Gasteiger partial charge is 0.460 e. The van der Waals surface area contributed by atoms with Crippen molar-refractivity contribution in [1.29, 1.82) is 0 Å². The number of nitrogens with zero attached hydrogens (tertiary/aromatic N) is 1. The van der Waals surface area contributed by atoms with Gasteiger partial charge in [-0.2, -0.15) is 8.42 Å². The molecule has 1 aliphatic rings. The second-order valence-corrected chi connectivity index (χ2v) is 8.19. The molecule has 0 spiro atoms. The lowest BCUT2D eigenvalue weighted by atomic mass is 9.86. The lowest BCUT2D eigenvalue weighted by molar-refractivity contribution is -0.384. The van der Waals surface area contributed by atoms with Gasteiger partial charge >= 0.3 is 5.97 Å². The molecule has 10 heteroatoms. The van der Waals surface area contributed by atoms with Gasteiger partial charge in [0.05, 0.1) is 29.6 Å². The van der Waals surface area contributed by atoms with Crippen LogP contribution < -0.4 is 5.32 Å². The molecule has 0 amide bonds. The Morgan fingerprint density at radius 3 is 2.43 bits per heavy atom. The minimum atomic E-state index is -4.21. The van der Waals surface area contributed by atoms with E-state index in [0.29, 0.717) is 5.70 Å². The molecule has 0 radical (unpaired) electrons. The fraction of sp³-hybridized carbons (Fsp3) is 0.389. The van der Waals surface area contributed by atoms with Gasteiger partial charge in [-0.25, -0.2) is 4.79 Å². The van der Waals surface area contributed by atoms with Gasteiger partial charge in [-0.15, -0.1) is 0 Å². The highest BCUT2D eigenvalue weighted by Gasteiger charge is 2.40. The first-order valence-electron chi connectivity index (χ1n) is 8.44. The SMILES string of the molecule is COS(=O)(=O)C1=C(C)NC(C)=C(C(=O)OC(C)C)C1c1cccc([N+](=O)[O-])c1. The molecule has 2 rings (SSSR count). The average Bonchev–Trinajstić information content (AvgIpc) is 2.60. The number of hydrogen-bond donors (Lipinski definition) is 1. The second-order valence-electron chi connectivity index (χ2n) is 6.51. The summed E-state index contributed by atoms with van der Waals surface area (Å²) < 4.78 is 35.2. The van der Waals surface area contributed by atoms with E-state index in [9.17, 15) is 23.3 Å². The summed E-state index contributed by atoms with van der Waals surface area (Å²) >= 11 is 0. The minimum Gasteiger partial charge on any atom is -0.460 e. The number of allylic oxidation sites excluding steroid dienone is 3. The maximum atomic E-state index is 12.8. The van der Waals surface area contributed by atoms with Crippen LogP contribution in [0.3, 0.4) is 0 Å². The molecule has 9 nitrogen and oxygen atoms in total. The van der Waals surface area contributed by atoms with Crippen molar-refractivity contribution >= 4 is 21.8 Å². The molecule has 152 valence electrons. The van der Waals surface area contributed by atoms with Crippen LogP contribution in [-0.4, -0.2) is 32.5 Å². The van der Waals surface area contributed by atoms with Crippen LogP contribution >= 0.6 is 0 Å². The molecule has 0 saturated carbocycles. The lowest BCUT2D eigenvalue weighted by Crippen LogP contribution is -2.32. The third-order valence-corrected chi connectivity index (χ3v) is 5.68. The van der Waals surface area contributed by atoms with Crippen LogP contribution in [-0.2, 0) is 23.8 Å². The summed E-state index contributed by atoms with van der Waals surface area (Å²) in [5.74, 6) is -1.83. The molecular formula is C18H22N2O7S. The summed E-state index contributed by atoms with van der Waals surface area (Å²) in [6.07, 6.45) is -0.437. The van der Waals surface area contributed by atoms with Crippen LogP contribution in [0.5, 0.6) is 0 Å². The number of hydrogen-bond acceptors (Lipinski definition) is 8. The van der Waals surface area contributed by atoms with E-state index in [1.54, 1.807) is 20.8 Å². The van der Waals surface area contributed by atoms with Crippen molar-refractivity contribution < 1.29 is 27.1 Å². The van der Waals surface area contributed by atoms with E-state index in [1.807, 2.05) is 0 Å². The number of ether oxygens (including phenoxy) is 1. The first-order valence-corrected chi connectivity index (χ1v) is 9.85. The molecule has 0 aliphatic carbocycles. The van der Waals surface area contributed by atoms with Gasteiger partial charge in [-0.3, -0.25) is 14.3 Å². The number of rotatable bonds is 6. The first kappa shape index (κ1) is 21.6. The number of esters is 1. The molecule has 0 bridgehead atoms. The van der Waals surface area contributed by atoms with E-state index in [1.165, 1.54) is 31.2 Å². The molecule has 0 aromatic heterocycles. The summed E-state index contributed by atoms with van der Waals surface area (Å²) in [5.41, 5.74) is 0.750. The molecule has 0 fully saturated rings. The topological polar surface area (TPSA) is 125 Å². The highest BCUT2D eigenvalue weighted by molar-refractivity contribution is 7.90. The van der Waals surface area contributed by atoms with E-state index < -0.39 is 33.0 Å². The quantitative estimate of drug-likeness (QED) is 0.328. The molecule has 1 aromatic rings. The highest BCUT2D eigenvalue weighted by atomic mass is 32.2. The van der Waals surface area contributed by atoms with Crippen LogP contribution in [0.1, 0.15) is 39.2 Å². The van der Waals surface area contributed by atoms with Gasteiger partial charge in [0.2, 0.25) is 0 Å². The van der Waals surface area contributed by atoms with Crippen molar-refractivity contribution in [3.05, 3.63) is 61.8 Å². The van der Waals surface area contributed by atoms with Crippen LogP contribution in [0.25, 0.3) is 0 Å². The van der Waals surface area contributed by atoms with Crippen molar-refractivity contribution in [2.24, 2.45) is 0 Å². The summed E-state index contributed by atoms with van der Waals surface area (Å²) in [5, 5.41) is 14.1. The number of benzene rings is 1. The molecule has 1 heterocycles. The predicted molar refractivity (Wildman–Crippen MR) is 102 cm³/mol. The Morgan fingerprint density at radius 2 is 1.89 bits per heavy atom. The Balaban J connectivity index is 2.78. The van der Waals surface area contributed by atoms with Gasteiger partial charge in [0.25, 0.3) is 15.8 Å². The van der Waals surface area contributed by atoms with Crippen LogP contribution in [0.15, 0.2) is 46.1 Å². The van der Waals surface area contributed by atoms with Gasteiger partial charge in [0.1, 0.15) is 4.91 Å². The fourth-order valence-corrected chi connectivity index (χ4v) is 4.23. The van der Waals surface area contributed by atoms with Gasteiger partial charge < -0.3 is 10.1 Å². The number of carbonyl (C=O) groups excluding carboxylic acids is 1. The van der Waals surface area contributed by atoms with Gasteiger partial charge in [-0.05, 0) is 33.3 Å². The first-order chi connectivity index (χ1) is 13.0. The number of nitrogens with one attached hydrogen (secondary N) is 1. The number of dihydropyridines is 1. The molecule has 1 N–H and O–H groups in total. The van der Waals surface area contributed by atoms with E-state index in [2.05, 4.69) is 9.50 Å². The number of nitro groups is 1. The van der Waals surface area contributed by atoms with E-state index >= 15 is 0 Å². The maximum absolute atomic E-state index is 12.8. The van der Waals surface area contributed by atoms with Crippen molar-refractivity contribution in [2.45, 2.75) is 39.7 Å². The molecule has 1 unspecified atom stereocenters. The zero-order valence-corrected chi connectivity index (χ0v) is 17.0. The van der Waals surface area contributed by atoms with Crippen molar-refractivity contribution in [3.63, 3.8) is 0 Å². The zero-order chi connectivity index (χ0) is 21.2. The minimum absolute atomic E-state index is 0.0513. The highest BCUT2D eigenvalue weighted by Crippen LogP contribution is 2.42. The summed E-state index contributed by atoms with van der Waals surface area (Å²) in [6.45, 7) is 6.48. The van der Waals surface area contributed by atoms with Crippen LogP contribution in [0.4, 0.5) is 5.69 Å². The Kier molecular flexibility index (Phi) is 6.25. The second kappa shape index (κ2) is 8.11. The third kappa shape index (κ3) is 4.23. The van der Waals surface area contributed by atoms with Crippen LogP contribution in [0.2, 0.25) is 0 Å². The molecule has 1 aliphatic heterocycles. The van der Waals surface area contributed by atoms with Crippen molar-refractivity contribution in [3.8, 4) is 0 Å². The van der Waals surface area contributed by atoms with Crippen LogP contribution in [0, 0.1) is 10.1 Å². The van der Waals surface area contributed by atoms with Crippen molar-refractivity contribution in [1.82, 2.24) is 5.32 Å². The van der Waals surface area contributed by atoms with Gasteiger partial charge in [-0.1, -0.05) is 12.1 Å². The van der Waals surface area contributed by atoms with Gasteiger partial charge in [0.15, 0.2) is 0 Å². The predicted octanol–water partition coefficient (Wildman–Crippen LogP) is 2.71. The van der Waals surface area contributed by atoms with E-state index in [0.717, 1.165) is 7.11 Å². The maximum Gasteiger partial charge on any atom is 0.337 e. The summed E-state index contributed by atoms with van der Waals surface area (Å²) in [7, 11) is -3.20. The average molecular weight is 410 g/mol. The molecule has 0 saturated heterocycles. The summed E-state index contributed by atoms with van der Waals surface area (Å²) in [4.78, 5) is 23.2. The Hall–Kier alpha value is -2.72. The number of carbonyl (C=O) groups is 1. The number of non-ortho nitro benzene ring substituents is 1. The smallest absolute Gasteiger partial charge is 0.337 e. The number of nitro benzene ring substituents is 1. The fourth-order valence-electron chi connectivity index (χ4n) is 3.08. The standard InChI is InChI=1S/C18H22N2O7S/c1-10(2)27-18(21)15-11(3)19-12(4)17(28(24,25)26-5)16(15)13-7-6-8-14(9-13)20(22)23/h6-10,16,19H,1-5H3. The Morgan fingerprint density at radius 1 is 1.25 bits per heavy atom. The summed E-state index contributed by atoms with van der Waals surface area (Å²) in [6, 6.07) is 5.48. The molecular weight excluding hydrogens is 388 g/mol. The normalized spacial score (nSPS) is 17.6. The van der Waals surface area contributed by atoms with Gasteiger partial charge in [0, 0.05) is 23.5 Å². The monoisotopic (exact) mass is 410 g/mol. The lowest BCUT2D eigenvalue weighted by Gasteiger charge is -2.30. The zero-order valence-electron chi connectivity index (χ0n) is 16.2. The Labute approximate surface area is 163 Å². The molecule has 28 heavy (non-hydrogen) atoms. The van der Waals surface area contributed by atoms with E-state index in [-0.39, 0.29) is 27.4 Å². The van der Waals surface area contributed by atoms with Crippen molar-refractivity contribution in [2.75, 3.05) is 7.11 Å². The van der Waals surface area contributed by atoms with E-state index in [4.69, 9.17) is 4.74 Å². The molecule has 1 aromatic carbocycles.